The Labute approximate surface area is 165 Å². The molecule has 0 aliphatic rings. The van der Waals surface area contributed by atoms with E-state index in [0.29, 0.717) is 0 Å². The van der Waals surface area contributed by atoms with E-state index in [1.807, 2.05) is 5.32 Å². The van der Waals surface area contributed by atoms with E-state index < -0.39 is 86.0 Å². The molecule has 0 aromatic carbocycles. The van der Waals surface area contributed by atoms with E-state index in [1.165, 1.54) is 6.92 Å². The minimum absolute atomic E-state index is 0.441. The molecule has 0 rings (SSSR count). The van der Waals surface area contributed by atoms with Gasteiger partial charge in [-0.05, 0) is 13.3 Å². The molecule has 14 nitrogen and oxygen atoms in total. The van der Waals surface area contributed by atoms with Gasteiger partial charge < -0.3 is 47.2 Å². The molecule has 0 heterocycles. The van der Waals surface area contributed by atoms with Crippen molar-refractivity contribution in [3.63, 3.8) is 0 Å². The van der Waals surface area contributed by atoms with Crippen LogP contribution >= 0.6 is 0 Å². The number of carboxylic acids is 2. The van der Waals surface area contributed by atoms with Crippen LogP contribution in [-0.4, -0.2) is 98.7 Å². The molecular formula is C15H26N4O10. The number of rotatable bonds is 13. The first-order valence-electron chi connectivity index (χ1n) is 8.45. The Bertz CT molecular complexity index is 612. The van der Waals surface area contributed by atoms with E-state index in [4.69, 9.17) is 21.1 Å². The van der Waals surface area contributed by atoms with Gasteiger partial charge in [0.25, 0.3) is 0 Å². The van der Waals surface area contributed by atoms with Crippen LogP contribution < -0.4 is 21.7 Å². The van der Waals surface area contributed by atoms with Gasteiger partial charge in [0.2, 0.25) is 17.7 Å². The first-order valence-corrected chi connectivity index (χ1v) is 8.45. The summed E-state index contributed by atoms with van der Waals surface area (Å²) in [5.74, 6) is -6.00. The minimum Gasteiger partial charge on any atom is -0.481 e. The summed E-state index contributed by atoms with van der Waals surface area (Å²) in [6, 6.07) is -6.21. The quantitative estimate of drug-likeness (QED) is 0.136. The largest absolute Gasteiger partial charge is 0.481 e. The number of carbonyl (C=O) groups is 5. The molecule has 14 heteroatoms. The Morgan fingerprint density at radius 3 is 1.69 bits per heavy atom. The third kappa shape index (κ3) is 9.29. The molecule has 5 unspecified atom stereocenters. The monoisotopic (exact) mass is 422 g/mol. The third-order valence-electron chi connectivity index (χ3n) is 3.72. The van der Waals surface area contributed by atoms with Gasteiger partial charge in [-0.15, -0.1) is 0 Å². The summed E-state index contributed by atoms with van der Waals surface area (Å²) in [6.45, 7) is -0.635. The third-order valence-corrected chi connectivity index (χ3v) is 3.72. The SMILES string of the molecule is CC(O)C(N)C(=O)NC(CO)C(=O)NC(CCC(=O)O)C(=O)NC(CO)C(=O)O. The lowest BCUT2D eigenvalue weighted by Crippen LogP contribution is -2.59. The lowest BCUT2D eigenvalue weighted by molar-refractivity contribution is -0.144. The minimum atomic E-state index is -1.69. The van der Waals surface area contributed by atoms with Crippen LogP contribution in [-0.2, 0) is 24.0 Å². The second-order valence-corrected chi connectivity index (χ2v) is 6.09. The average molecular weight is 422 g/mol. The van der Waals surface area contributed by atoms with E-state index in [1.54, 1.807) is 0 Å². The predicted octanol–water partition coefficient (Wildman–Crippen LogP) is -4.92. The standard InChI is InChI=1S/C15H26N4O10/c1-6(22)11(16)14(27)18-8(4-20)13(26)17-7(2-3-10(23)24)12(25)19-9(5-21)15(28)29/h6-9,11,20-22H,2-5,16H2,1H3,(H,17,26)(H,18,27)(H,19,25)(H,23,24)(H,28,29). The predicted molar refractivity (Wildman–Crippen MR) is 94.1 cm³/mol. The van der Waals surface area contributed by atoms with Gasteiger partial charge in [0.1, 0.15) is 24.2 Å². The Kier molecular flexibility index (Phi) is 11.4. The van der Waals surface area contributed by atoms with Gasteiger partial charge in [-0.1, -0.05) is 0 Å². The number of aliphatic hydroxyl groups is 3. The maximum Gasteiger partial charge on any atom is 0.328 e. The molecule has 0 bridgehead atoms. The van der Waals surface area contributed by atoms with Gasteiger partial charge in [-0.25, -0.2) is 4.79 Å². The topological polar surface area (TPSA) is 249 Å². The average Bonchev–Trinajstić information content (AvgIpc) is 2.65. The molecule has 0 aromatic rings. The van der Waals surface area contributed by atoms with Crippen LogP contribution in [0.25, 0.3) is 0 Å². The number of nitrogens with one attached hydrogen (secondary N) is 3. The number of hydrogen-bond acceptors (Lipinski definition) is 9. The Morgan fingerprint density at radius 2 is 1.28 bits per heavy atom. The molecule has 166 valence electrons. The molecule has 0 aromatic heterocycles. The summed E-state index contributed by atoms with van der Waals surface area (Å²) < 4.78 is 0. The van der Waals surface area contributed by atoms with Crippen molar-refractivity contribution in [1.82, 2.24) is 16.0 Å². The van der Waals surface area contributed by atoms with Crippen molar-refractivity contribution in [3.05, 3.63) is 0 Å². The second kappa shape index (κ2) is 12.6. The van der Waals surface area contributed by atoms with Gasteiger partial charge in [0, 0.05) is 6.42 Å². The maximum absolute atomic E-state index is 12.3. The summed E-state index contributed by atoms with van der Waals surface area (Å²) in [5, 5.41) is 51.3. The first kappa shape index (κ1) is 26.2. The molecule has 0 aliphatic heterocycles. The van der Waals surface area contributed by atoms with E-state index in [2.05, 4.69) is 10.6 Å². The maximum atomic E-state index is 12.3. The summed E-state index contributed by atoms with van der Waals surface area (Å²) in [5.41, 5.74) is 5.41. The van der Waals surface area contributed by atoms with Gasteiger partial charge in [-0.3, -0.25) is 19.2 Å². The summed E-state index contributed by atoms with van der Waals surface area (Å²) in [6.07, 6.45) is -2.26. The van der Waals surface area contributed by atoms with Crippen LogP contribution in [0.4, 0.5) is 0 Å². The van der Waals surface area contributed by atoms with E-state index in [0.717, 1.165) is 0 Å². The molecule has 5 atom stereocenters. The van der Waals surface area contributed by atoms with Gasteiger partial charge in [0.15, 0.2) is 0 Å². The van der Waals surface area contributed by atoms with Gasteiger partial charge in [0.05, 0.1) is 19.3 Å². The second-order valence-electron chi connectivity index (χ2n) is 6.09. The van der Waals surface area contributed by atoms with Crippen LogP contribution in [0.1, 0.15) is 19.8 Å². The fraction of sp³-hybridized carbons (Fsp3) is 0.667. The zero-order valence-electron chi connectivity index (χ0n) is 15.6. The van der Waals surface area contributed by atoms with Crippen LogP contribution in [0.15, 0.2) is 0 Å². The normalized spacial score (nSPS) is 15.9. The molecule has 0 saturated carbocycles. The number of carbonyl (C=O) groups excluding carboxylic acids is 3. The molecule has 29 heavy (non-hydrogen) atoms. The summed E-state index contributed by atoms with van der Waals surface area (Å²) >= 11 is 0. The summed E-state index contributed by atoms with van der Waals surface area (Å²) in [7, 11) is 0. The number of amides is 3. The fourth-order valence-corrected chi connectivity index (χ4v) is 1.95. The summed E-state index contributed by atoms with van der Waals surface area (Å²) in [4.78, 5) is 57.9. The molecule has 0 spiro atoms. The fourth-order valence-electron chi connectivity index (χ4n) is 1.95. The molecular weight excluding hydrogens is 396 g/mol. The van der Waals surface area contributed by atoms with Crippen molar-refractivity contribution in [3.8, 4) is 0 Å². The van der Waals surface area contributed by atoms with Crippen molar-refractivity contribution < 1.29 is 49.5 Å². The number of hydrogen-bond donors (Lipinski definition) is 9. The highest BCUT2D eigenvalue weighted by Gasteiger charge is 2.30. The molecule has 0 saturated heterocycles. The van der Waals surface area contributed by atoms with Crippen LogP contribution in [0, 0.1) is 0 Å². The van der Waals surface area contributed by atoms with E-state index in [-0.39, 0.29) is 0 Å². The smallest absolute Gasteiger partial charge is 0.328 e. The highest BCUT2D eigenvalue weighted by molar-refractivity contribution is 5.94. The van der Waals surface area contributed by atoms with Crippen LogP contribution in [0.5, 0.6) is 0 Å². The number of aliphatic carboxylic acids is 2. The van der Waals surface area contributed by atoms with Crippen molar-refractivity contribution in [2.24, 2.45) is 5.73 Å². The van der Waals surface area contributed by atoms with Gasteiger partial charge in [-0.2, -0.15) is 0 Å². The zero-order valence-corrected chi connectivity index (χ0v) is 15.6. The Hall–Kier alpha value is -2.81. The molecule has 0 fully saturated rings. The Balaban J connectivity index is 5.24. The lowest BCUT2D eigenvalue weighted by atomic mass is 10.1. The highest BCUT2D eigenvalue weighted by Crippen LogP contribution is 2.01. The zero-order chi connectivity index (χ0) is 22.7. The van der Waals surface area contributed by atoms with Crippen molar-refractivity contribution in [1.29, 1.82) is 0 Å². The van der Waals surface area contributed by atoms with E-state index >= 15 is 0 Å². The lowest BCUT2D eigenvalue weighted by Gasteiger charge is -2.24. The first-order chi connectivity index (χ1) is 13.4. The van der Waals surface area contributed by atoms with Gasteiger partial charge >= 0.3 is 11.9 Å². The van der Waals surface area contributed by atoms with Crippen molar-refractivity contribution >= 4 is 29.7 Å². The molecule has 0 radical (unpaired) electrons. The molecule has 10 N–H and O–H groups in total. The van der Waals surface area contributed by atoms with Crippen LogP contribution in [0.2, 0.25) is 0 Å². The van der Waals surface area contributed by atoms with Crippen molar-refractivity contribution in [2.75, 3.05) is 13.2 Å². The molecule has 0 aliphatic carbocycles. The molecule has 3 amide bonds. The Morgan fingerprint density at radius 1 is 0.828 bits per heavy atom. The van der Waals surface area contributed by atoms with E-state index in [9.17, 15) is 34.2 Å². The number of aliphatic hydroxyl groups excluding tert-OH is 3. The highest BCUT2D eigenvalue weighted by atomic mass is 16.4. The van der Waals surface area contributed by atoms with Crippen molar-refractivity contribution in [2.45, 2.75) is 50.0 Å². The number of carboxylic acid groups (broad SMARTS) is 2. The number of nitrogens with two attached hydrogens (primary N) is 1. The van der Waals surface area contributed by atoms with Crippen LogP contribution in [0.3, 0.4) is 0 Å².